The quantitative estimate of drug-likeness (QED) is 0.0842. The average molecular weight is 575 g/mol. The van der Waals surface area contributed by atoms with E-state index in [0.717, 1.165) is 32.9 Å². The molecule has 0 bridgehead atoms. The number of aromatic nitrogens is 2. The molecule has 2 aromatic carbocycles. The van der Waals surface area contributed by atoms with Crippen molar-refractivity contribution < 1.29 is 29.4 Å². The molecule has 0 saturated heterocycles. The molecule has 0 spiro atoms. The van der Waals surface area contributed by atoms with Crippen LogP contribution in [0.1, 0.15) is 24.0 Å². The van der Waals surface area contributed by atoms with E-state index < -0.39 is 36.1 Å². The Morgan fingerprint density at radius 1 is 0.667 bits per heavy atom. The zero-order valence-electron chi connectivity index (χ0n) is 22.9. The minimum absolute atomic E-state index is 0.204. The van der Waals surface area contributed by atoms with Gasteiger partial charge in [-0.15, -0.1) is 0 Å². The summed E-state index contributed by atoms with van der Waals surface area (Å²) in [4.78, 5) is 54.2. The molecule has 8 N–H and O–H groups in total. The molecule has 0 aliphatic rings. The highest BCUT2D eigenvalue weighted by atomic mass is 16.4. The fourth-order valence-corrected chi connectivity index (χ4v) is 4.80. The largest absolute Gasteiger partial charge is 0.465 e. The van der Waals surface area contributed by atoms with Crippen molar-refractivity contribution in [2.45, 2.75) is 37.8 Å². The van der Waals surface area contributed by atoms with E-state index in [1.807, 2.05) is 60.7 Å². The monoisotopic (exact) mass is 574 g/mol. The van der Waals surface area contributed by atoms with Crippen LogP contribution in [0.2, 0.25) is 0 Å². The lowest BCUT2D eigenvalue weighted by Crippen LogP contribution is -2.47. The molecule has 2 atom stereocenters. The summed E-state index contributed by atoms with van der Waals surface area (Å²) in [5.74, 6) is -0.842. The van der Waals surface area contributed by atoms with Crippen LogP contribution in [-0.2, 0) is 22.4 Å². The van der Waals surface area contributed by atoms with Gasteiger partial charge in [-0.1, -0.05) is 48.6 Å². The predicted molar refractivity (Wildman–Crippen MR) is 158 cm³/mol. The number of fused-ring (bicyclic) bond motifs is 2. The van der Waals surface area contributed by atoms with Gasteiger partial charge in [0.1, 0.15) is 12.1 Å². The molecule has 12 heteroatoms. The molecule has 4 amide bonds. The van der Waals surface area contributed by atoms with E-state index >= 15 is 0 Å². The number of para-hydroxylation sites is 2. The molecule has 4 rings (SSSR count). The smallest absolute Gasteiger partial charge is 0.405 e. The number of carbonyl (C=O) groups excluding carboxylic acids is 2. The number of nitrogens with one attached hydrogen (secondary N) is 6. The van der Waals surface area contributed by atoms with Gasteiger partial charge in [-0.3, -0.25) is 9.59 Å². The maximum atomic E-state index is 12.7. The van der Waals surface area contributed by atoms with Gasteiger partial charge in [-0.2, -0.15) is 0 Å². The fraction of sp³-hybridized carbons (Fsp3) is 0.267. The summed E-state index contributed by atoms with van der Waals surface area (Å²) in [6.45, 7) is 0.616. The molecule has 2 heterocycles. The van der Waals surface area contributed by atoms with Crippen LogP contribution in [0.4, 0.5) is 9.59 Å². The molecule has 0 aliphatic carbocycles. The van der Waals surface area contributed by atoms with Crippen LogP contribution >= 0.6 is 0 Å². The molecule has 2 aromatic heterocycles. The van der Waals surface area contributed by atoms with Crippen molar-refractivity contribution in [2.75, 3.05) is 13.1 Å². The molecule has 4 aromatic rings. The van der Waals surface area contributed by atoms with E-state index in [9.17, 15) is 29.4 Å². The first-order chi connectivity index (χ1) is 20.3. The maximum Gasteiger partial charge on any atom is 0.405 e. The third kappa shape index (κ3) is 8.13. The second kappa shape index (κ2) is 14.4. The lowest BCUT2D eigenvalue weighted by Gasteiger charge is -2.16. The summed E-state index contributed by atoms with van der Waals surface area (Å²) >= 11 is 0. The third-order valence-electron chi connectivity index (χ3n) is 6.81. The number of aromatic amines is 2. The summed E-state index contributed by atoms with van der Waals surface area (Å²) in [7, 11) is 0. The first kappa shape index (κ1) is 29.7. The van der Waals surface area contributed by atoms with Crippen LogP contribution < -0.4 is 21.3 Å². The zero-order chi connectivity index (χ0) is 29.9. The minimum Gasteiger partial charge on any atom is -0.465 e. The number of hydrogen-bond donors (Lipinski definition) is 8. The first-order valence-corrected chi connectivity index (χ1v) is 13.6. The van der Waals surface area contributed by atoms with Crippen molar-refractivity contribution in [1.82, 2.24) is 31.2 Å². The Balaban J connectivity index is 1.19. The molecular formula is C30H34N6O6. The van der Waals surface area contributed by atoms with Crippen LogP contribution in [0, 0.1) is 0 Å². The number of carboxylic acid groups (broad SMARTS) is 2. The highest BCUT2D eigenvalue weighted by Gasteiger charge is 2.23. The van der Waals surface area contributed by atoms with Crippen molar-refractivity contribution in [3.8, 4) is 0 Å². The number of rotatable bonds is 14. The molecule has 12 nitrogen and oxygen atoms in total. The Morgan fingerprint density at radius 2 is 1.07 bits per heavy atom. The lowest BCUT2D eigenvalue weighted by molar-refractivity contribution is -0.123. The van der Waals surface area contributed by atoms with Crippen LogP contribution in [0.5, 0.6) is 0 Å². The van der Waals surface area contributed by atoms with Crippen molar-refractivity contribution >= 4 is 45.8 Å². The van der Waals surface area contributed by atoms with Gasteiger partial charge in [0.25, 0.3) is 0 Å². The number of amides is 4. The van der Waals surface area contributed by atoms with E-state index in [-0.39, 0.29) is 12.8 Å². The topological polar surface area (TPSA) is 188 Å². The number of carbonyl (C=O) groups is 4. The number of H-pyrrole nitrogens is 2. The molecule has 0 aliphatic heterocycles. The van der Waals surface area contributed by atoms with Crippen LogP contribution in [-0.4, -0.2) is 69.4 Å². The van der Waals surface area contributed by atoms with E-state index in [0.29, 0.717) is 25.9 Å². The second-order valence-electron chi connectivity index (χ2n) is 9.76. The Morgan fingerprint density at radius 3 is 1.48 bits per heavy atom. The Hall–Kier alpha value is -5.26. The third-order valence-corrected chi connectivity index (χ3v) is 6.81. The van der Waals surface area contributed by atoms with Gasteiger partial charge < -0.3 is 41.4 Å². The summed E-state index contributed by atoms with van der Waals surface area (Å²) in [6, 6.07) is 13.3. The standard InChI is InChI=1S/C30H34N6O6/c37-27(25(35-29(39)40)15-19-17-33-23-11-5-3-9-21(19)23)31-13-7-1-2-8-14-32-28(38)26(36-30(41)42)16-20-18-34-24-12-6-4-10-22(20)24/h1-6,9-12,17-18,25-26,33-36H,7-8,13-16H2,(H,31,37)(H,32,38)(H,39,40)(H,41,42)/t25-,26-/m0/s1. The Bertz CT molecular complexity index is 1460. The Labute approximate surface area is 241 Å². The summed E-state index contributed by atoms with van der Waals surface area (Å²) < 4.78 is 0. The van der Waals surface area contributed by atoms with E-state index in [1.54, 1.807) is 12.4 Å². The summed E-state index contributed by atoms with van der Waals surface area (Å²) in [5, 5.41) is 30.4. The molecule has 0 saturated carbocycles. The molecule has 0 unspecified atom stereocenters. The van der Waals surface area contributed by atoms with Gasteiger partial charge in [0.05, 0.1) is 0 Å². The molecule has 0 radical (unpaired) electrons. The molecular weight excluding hydrogens is 540 g/mol. The maximum absolute atomic E-state index is 12.7. The van der Waals surface area contributed by atoms with Crippen molar-refractivity contribution in [3.63, 3.8) is 0 Å². The lowest BCUT2D eigenvalue weighted by atomic mass is 10.0. The van der Waals surface area contributed by atoms with Gasteiger partial charge in [-0.05, 0) is 36.1 Å². The number of benzene rings is 2. The van der Waals surface area contributed by atoms with E-state index in [2.05, 4.69) is 31.2 Å². The zero-order valence-corrected chi connectivity index (χ0v) is 22.9. The van der Waals surface area contributed by atoms with Gasteiger partial charge in [-0.25, -0.2) is 9.59 Å². The highest BCUT2D eigenvalue weighted by molar-refractivity contribution is 5.89. The van der Waals surface area contributed by atoms with E-state index in [1.165, 1.54) is 0 Å². The molecule has 220 valence electrons. The average Bonchev–Trinajstić information content (AvgIpc) is 3.57. The predicted octanol–water partition coefficient (Wildman–Crippen LogP) is 3.28. The van der Waals surface area contributed by atoms with Crippen molar-refractivity contribution in [3.05, 3.63) is 84.2 Å². The van der Waals surface area contributed by atoms with Gasteiger partial charge in [0, 0.05) is 60.1 Å². The van der Waals surface area contributed by atoms with E-state index in [4.69, 9.17) is 0 Å². The number of hydrogen-bond acceptors (Lipinski definition) is 4. The molecule has 0 fully saturated rings. The SMILES string of the molecule is O=C(O)N[C@@H](Cc1c[nH]c2ccccc12)C(=O)NCCC=CCCNC(=O)[C@H](Cc1c[nH]c2ccccc12)NC(=O)O. The van der Waals surface area contributed by atoms with Crippen LogP contribution in [0.3, 0.4) is 0 Å². The summed E-state index contributed by atoms with van der Waals surface area (Å²) in [5.41, 5.74) is 3.49. The Kier molecular flexibility index (Phi) is 10.2. The van der Waals surface area contributed by atoms with Crippen LogP contribution in [0.15, 0.2) is 73.1 Å². The normalized spacial score (nSPS) is 12.7. The minimum atomic E-state index is -1.28. The van der Waals surface area contributed by atoms with Gasteiger partial charge in [0.2, 0.25) is 11.8 Å². The highest BCUT2D eigenvalue weighted by Crippen LogP contribution is 2.20. The van der Waals surface area contributed by atoms with Crippen molar-refractivity contribution in [2.24, 2.45) is 0 Å². The fourth-order valence-electron chi connectivity index (χ4n) is 4.80. The first-order valence-electron chi connectivity index (χ1n) is 13.6. The second-order valence-corrected chi connectivity index (χ2v) is 9.76. The van der Waals surface area contributed by atoms with Gasteiger partial charge in [0.15, 0.2) is 0 Å². The van der Waals surface area contributed by atoms with Crippen LogP contribution in [0.25, 0.3) is 21.8 Å². The van der Waals surface area contributed by atoms with Gasteiger partial charge >= 0.3 is 12.2 Å². The summed E-state index contributed by atoms with van der Waals surface area (Å²) in [6.07, 6.45) is 6.13. The van der Waals surface area contributed by atoms with Crippen molar-refractivity contribution in [1.29, 1.82) is 0 Å². The molecule has 42 heavy (non-hydrogen) atoms.